The molecular weight excluding hydrogens is 362 g/mol. The number of carbonyl (C=O) groups excluding carboxylic acids is 1. The fourth-order valence-corrected chi connectivity index (χ4v) is 3.53. The second-order valence-corrected chi connectivity index (χ2v) is 6.82. The van der Waals surface area contributed by atoms with E-state index in [4.69, 9.17) is 9.47 Å². The molecule has 0 saturated carbocycles. The Hall–Kier alpha value is -2.93. The van der Waals surface area contributed by atoms with E-state index in [2.05, 4.69) is 15.3 Å². The summed E-state index contributed by atoms with van der Waals surface area (Å²) in [5.41, 5.74) is 2.55. The summed E-state index contributed by atoms with van der Waals surface area (Å²) in [4.78, 5) is 21.1. The fourth-order valence-electron chi connectivity index (χ4n) is 2.72. The monoisotopic (exact) mass is 383 g/mol. The van der Waals surface area contributed by atoms with Crippen LogP contribution in [-0.2, 0) is 11.2 Å². The maximum Gasteiger partial charge on any atom is 0.226 e. The normalized spacial score (nSPS) is 11.7. The molecule has 0 aliphatic heterocycles. The molecular formula is C20H21N3O3S. The van der Waals surface area contributed by atoms with Crippen LogP contribution in [0.25, 0.3) is 10.6 Å². The molecule has 3 rings (SSSR count). The van der Waals surface area contributed by atoms with Gasteiger partial charge in [0.05, 0.1) is 32.4 Å². The first-order valence-corrected chi connectivity index (χ1v) is 9.34. The Morgan fingerprint density at radius 1 is 1.26 bits per heavy atom. The molecule has 7 heteroatoms. The fraction of sp³-hybridized carbons (Fsp3) is 0.250. The number of carbonyl (C=O) groups is 1. The number of hydrogen-bond donors (Lipinski definition) is 1. The smallest absolute Gasteiger partial charge is 0.226 e. The second kappa shape index (κ2) is 8.64. The van der Waals surface area contributed by atoms with Crippen molar-refractivity contribution < 1.29 is 14.3 Å². The van der Waals surface area contributed by atoms with Crippen LogP contribution in [0.1, 0.15) is 24.2 Å². The van der Waals surface area contributed by atoms with Gasteiger partial charge in [-0.3, -0.25) is 9.78 Å². The zero-order valence-electron chi connectivity index (χ0n) is 15.4. The van der Waals surface area contributed by atoms with Gasteiger partial charge in [0.25, 0.3) is 0 Å². The Kier molecular flexibility index (Phi) is 6.03. The molecule has 0 saturated heterocycles. The lowest BCUT2D eigenvalue weighted by Crippen LogP contribution is -2.28. The summed E-state index contributed by atoms with van der Waals surface area (Å²) >= 11 is 1.50. The number of nitrogens with one attached hydrogen (secondary N) is 1. The molecule has 1 N–H and O–H groups in total. The van der Waals surface area contributed by atoms with Crippen molar-refractivity contribution in [3.8, 4) is 22.1 Å². The maximum absolute atomic E-state index is 12.5. The average Bonchev–Trinajstić information content (AvgIpc) is 3.16. The lowest BCUT2D eigenvalue weighted by atomic mass is 10.1. The minimum absolute atomic E-state index is 0.101. The number of ether oxygens (including phenoxy) is 2. The van der Waals surface area contributed by atoms with E-state index in [-0.39, 0.29) is 18.4 Å². The molecule has 27 heavy (non-hydrogen) atoms. The summed E-state index contributed by atoms with van der Waals surface area (Å²) < 4.78 is 10.7. The predicted molar refractivity (Wildman–Crippen MR) is 105 cm³/mol. The molecule has 0 aliphatic carbocycles. The molecule has 140 valence electrons. The molecule has 0 spiro atoms. The Morgan fingerprint density at radius 3 is 2.81 bits per heavy atom. The van der Waals surface area contributed by atoms with Crippen molar-refractivity contribution in [1.29, 1.82) is 0 Å². The number of thiazole rings is 1. The highest BCUT2D eigenvalue weighted by molar-refractivity contribution is 7.13. The van der Waals surface area contributed by atoms with Crippen molar-refractivity contribution in [1.82, 2.24) is 15.3 Å². The molecule has 2 aromatic heterocycles. The highest BCUT2D eigenvalue weighted by Crippen LogP contribution is 2.29. The largest absolute Gasteiger partial charge is 0.497 e. The number of methoxy groups -OCH3 is 2. The van der Waals surface area contributed by atoms with Gasteiger partial charge in [0, 0.05) is 28.9 Å². The first-order chi connectivity index (χ1) is 13.1. The van der Waals surface area contributed by atoms with Crippen LogP contribution in [-0.4, -0.2) is 30.1 Å². The molecule has 6 nitrogen and oxygen atoms in total. The van der Waals surface area contributed by atoms with Gasteiger partial charge in [-0.2, -0.15) is 0 Å². The van der Waals surface area contributed by atoms with E-state index in [9.17, 15) is 4.79 Å². The molecule has 0 aliphatic rings. The van der Waals surface area contributed by atoms with Crippen LogP contribution in [0.2, 0.25) is 0 Å². The number of amides is 1. The van der Waals surface area contributed by atoms with Gasteiger partial charge in [0.2, 0.25) is 5.91 Å². The second-order valence-electron chi connectivity index (χ2n) is 5.96. The van der Waals surface area contributed by atoms with E-state index in [0.29, 0.717) is 11.5 Å². The molecule has 1 atom stereocenters. The minimum Gasteiger partial charge on any atom is -0.497 e. The van der Waals surface area contributed by atoms with E-state index in [1.54, 1.807) is 26.6 Å². The van der Waals surface area contributed by atoms with Crippen LogP contribution in [0.15, 0.2) is 48.1 Å². The summed E-state index contributed by atoms with van der Waals surface area (Å²) in [5, 5.41) is 5.75. The van der Waals surface area contributed by atoms with Crippen molar-refractivity contribution in [2.24, 2.45) is 0 Å². The molecule has 0 unspecified atom stereocenters. The number of hydrogen-bond acceptors (Lipinski definition) is 6. The SMILES string of the molecule is COc1ccc(OC)c([C@H](C)NC(=O)Cc2csc(-c3cccnc3)n2)c1. The van der Waals surface area contributed by atoms with Gasteiger partial charge in [-0.25, -0.2) is 4.98 Å². The number of pyridine rings is 1. The zero-order valence-corrected chi connectivity index (χ0v) is 16.2. The van der Waals surface area contributed by atoms with E-state index in [1.807, 2.05) is 42.6 Å². The van der Waals surface area contributed by atoms with Gasteiger partial charge in [0.1, 0.15) is 16.5 Å². The van der Waals surface area contributed by atoms with E-state index < -0.39 is 0 Å². The third-order valence-corrected chi connectivity index (χ3v) is 5.02. The van der Waals surface area contributed by atoms with Gasteiger partial charge in [0.15, 0.2) is 0 Å². The third-order valence-electron chi connectivity index (χ3n) is 4.08. The highest BCUT2D eigenvalue weighted by atomic mass is 32.1. The number of nitrogens with zero attached hydrogens (tertiary/aromatic N) is 2. The molecule has 2 heterocycles. The quantitative estimate of drug-likeness (QED) is 0.674. The molecule has 1 amide bonds. The van der Waals surface area contributed by atoms with Gasteiger partial charge < -0.3 is 14.8 Å². The Morgan fingerprint density at radius 2 is 2.11 bits per heavy atom. The Bertz CT molecular complexity index is 912. The van der Waals surface area contributed by atoms with Crippen LogP contribution < -0.4 is 14.8 Å². The van der Waals surface area contributed by atoms with Crippen LogP contribution >= 0.6 is 11.3 Å². The van der Waals surface area contributed by atoms with Gasteiger partial charge >= 0.3 is 0 Å². The van der Waals surface area contributed by atoms with Crippen LogP contribution in [0.3, 0.4) is 0 Å². The third kappa shape index (κ3) is 4.62. The topological polar surface area (TPSA) is 73.3 Å². The summed E-state index contributed by atoms with van der Waals surface area (Å²) in [6.45, 7) is 1.91. The van der Waals surface area contributed by atoms with Gasteiger partial charge in [-0.15, -0.1) is 11.3 Å². The summed E-state index contributed by atoms with van der Waals surface area (Å²) in [6, 6.07) is 9.12. The number of rotatable bonds is 7. The number of aromatic nitrogens is 2. The van der Waals surface area contributed by atoms with Crippen molar-refractivity contribution in [2.45, 2.75) is 19.4 Å². The Labute approximate surface area is 162 Å². The van der Waals surface area contributed by atoms with Crippen LogP contribution in [0, 0.1) is 0 Å². The minimum atomic E-state index is -0.223. The molecule has 0 fully saturated rings. The summed E-state index contributed by atoms with van der Waals surface area (Å²) in [7, 11) is 3.21. The number of benzene rings is 1. The van der Waals surface area contributed by atoms with Crippen LogP contribution in [0.5, 0.6) is 11.5 Å². The van der Waals surface area contributed by atoms with Gasteiger partial charge in [-0.1, -0.05) is 0 Å². The average molecular weight is 383 g/mol. The van der Waals surface area contributed by atoms with Gasteiger partial charge in [-0.05, 0) is 37.3 Å². The zero-order chi connectivity index (χ0) is 19.2. The highest BCUT2D eigenvalue weighted by Gasteiger charge is 2.16. The maximum atomic E-state index is 12.5. The molecule has 1 aromatic carbocycles. The van der Waals surface area contributed by atoms with E-state index in [1.165, 1.54) is 11.3 Å². The van der Waals surface area contributed by atoms with Crippen LogP contribution in [0.4, 0.5) is 0 Å². The predicted octanol–water partition coefficient (Wildman–Crippen LogP) is 3.64. The molecule has 0 bridgehead atoms. The molecule has 0 radical (unpaired) electrons. The van der Waals surface area contributed by atoms with E-state index >= 15 is 0 Å². The first kappa shape index (κ1) is 18.8. The van der Waals surface area contributed by atoms with Crippen molar-refractivity contribution in [2.75, 3.05) is 14.2 Å². The van der Waals surface area contributed by atoms with E-state index in [0.717, 1.165) is 21.8 Å². The molecule has 3 aromatic rings. The lowest BCUT2D eigenvalue weighted by Gasteiger charge is -2.18. The Balaban J connectivity index is 1.67. The standard InChI is InChI=1S/C20H21N3O3S/c1-13(17-10-16(25-2)6-7-18(17)26-3)22-19(24)9-15-12-27-20(23-15)14-5-4-8-21-11-14/h4-8,10-13H,9H2,1-3H3,(H,22,24)/t13-/m0/s1. The first-order valence-electron chi connectivity index (χ1n) is 8.46. The van der Waals surface area contributed by atoms with Crippen molar-refractivity contribution in [3.05, 3.63) is 59.4 Å². The summed E-state index contributed by atoms with van der Waals surface area (Å²) in [6.07, 6.45) is 3.70. The lowest BCUT2D eigenvalue weighted by molar-refractivity contribution is -0.121. The summed E-state index contributed by atoms with van der Waals surface area (Å²) in [5.74, 6) is 1.32. The van der Waals surface area contributed by atoms with Crippen molar-refractivity contribution in [3.63, 3.8) is 0 Å². The van der Waals surface area contributed by atoms with Crippen molar-refractivity contribution >= 4 is 17.2 Å².